The molecule has 11 heavy (non-hydrogen) atoms. The van der Waals surface area contributed by atoms with Gasteiger partial charge in [0.2, 0.25) is 0 Å². The van der Waals surface area contributed by atoms with Gasteiger partial charge in [0.15, 0.2) is 0 Å². The zero-order valence-corrected chi connectivity index (χ0v) is 6.75. The molecule has 0 saturated carbocycles. The van der Waals surface area contributed by atoms with E-state index < -0.39 is 0 Å². The summed E-state index contributed by atoms with van der Waals surface area (Å²) in [5, 5.41) is 15.0. The molecule has 0 fully saturated rings. The van der Waals surface area contributed by atoms with Gasteiger partial charge in [-0.15, -0.1) is 6.58 Å². The van der Waals surface area contributed by atoms with E-state index in [1.165, 1.54) is 12.2 Å². The largest absolute Gasteiger partial charge is 0.193 e. The second-order valence-corrected chi connectivity index (χ2v) is 1.07. The molecule has 0 N–H and O–H groups in total. The summed E-state index contributed by atoms with van der Waals surface area (Å²) in [7, 11) is 0. The molecule has 0 radical (unpaired) electrons. The zero-order valence-electron chi connectivity index (χ0n) is 6.75. The number of hydrogen-bond donors (Lipinski definition) is 0. The van der Waals surface area contributed by atoms with Gasteiger partial charge >= 0.3 is 0 Å². The van der Waals surface area contributed by atoms with E-state index >= 15 is 0 Å². The lowest BCUT2D eigenvalue weighted by atomic mass is 10.8. The number of allylic oxidation sites excluding steroid dienone is 3. The Morgan fingerprint density at radius 2 is 1.09 bits per heavy atom. The van der Waals surface area contributed by atoms with Gasteiger partial charge in [-0.3, -0.25) is 0 Å². The molecule has 0 unspecified atom stereocenters. The molecular weight excluding hydrogens is 136 g/mol. The first kappa shape index (κ1) is 16.1. The molecule has 0 bridgehead atoms. The molecule has 0 aromatic carbocycles. The minimum atomic E-state index is 1.18. The Morgan fingerprint density at radius 3 is 1.09 bits per heavy atom. The van der Waals surface area contributed by atoms with Crippen LogP contribution in [0, 0.1) is 22.7 Å². The highest BCUT2D eigenvalue weighted by Gasteiger charge is 1.34. The highest BCUT2D eigenvalue weighted by molar-refractivity contribution is 4.93. The van der Waals surface area contributed by atoms with Crippen molar-refractivity contribution in [2.45, 2.75) is 6.92 Å². The van der Waals surface area contributed by atoms with Gasteiger partial charge in [0.1, 0.15) is 0 Å². The molecule has 0 aliphatic heterocycles. The molecule has 58 valence electrons. The molecule has 0 aromatic rings. The summed E-state index contributed by atoms with van der Waals surface area (Å²) in [4.78, 5) is 0. The van der Waals surface area contributed by atoms with Crippen LogP contribution < -0.4 is 0 Å². The predicted molar refractivity (Wildman–Crippen MR) is 47.5 cm³/mol. The lowest BCUT2D eigenvalue weighted by Crippen LogP contribution is -1.23. The zero-order chi connectivity index (χ0) is 9.54. The first-order valence-electron chi connectivity index (χ1n) is 2.83. The van der Waals surface area contributed by atoms with Crippen molar-refractivity contribution in [1.82, 2.24) is 0 Å². The predicted octanol–water partition coefficient (Wildman–Crippen LogP) is 2.58. The van der Waals surface area contributed by atoms with E-state index in [0.717, 1.165) is 0 Å². The fourth-order valence-electron chi connectivity index (χ4n) is 0. The van der Waals surface area contributed by atoms with Gasteiger partial charge in [-0.05, 0) is 6.92 Å². The van der Waals surface area contributed by atoms with Crippen molar-refractivity contribution in [1.29, 1.82) is 10.5 Å². The van der Waals surface area contributed by atoms with E-state index in [0.29, 0.717) is 0 Å². The monoisotopic (exact) mass is 148 g/mol. The molecule has 0 atom stereocenters. The summed E-state index contributed by atoms with van der Waals surface area (Å²) in [5.74, 6) is 0. The molecule has 0 aromatic heterocycles. The second-order valence-electron chi connectivity index (χ2n) is 1.07. The number of hydrogen-bond acceptors (Lipinski definition) is 2. The van der Waals surface area contributed by atoms with Crippen molar-refractivity contribution >= 4 is 0 Å². The van der Waals surface area contributed by atoms with E-state index in [-0.39, 0.29) is 0 Å². The minimum Gasteiger partial charge on any atom is -0.193 e. The summed E-state index contributed by atoms with van der Waals surface area (Å²) in [5.41, 5.74) is 0. The van der Waals surface area contributed by atoms with Crippen molar-refractivity contribution in [2.24, 2.45) is 0 Å². The summed E-state index contributed by atoms with van der Waals surface area (Å²) >= 11 is 0. The van der Waals surface area contributed by atoms with Crippen molar-refractivity contribution < 1.29 is 0 Å². The third-order valence-corrected chi connectivity index (χ3v) is 0.183. The highest BCUT2D eigenvalue weighted by Crippen LogP contribution is 1.41. The summed E-state index contributed by atoms with van der Waals surface area (Å²) in [6.07, 6.45) is 4.11. The third-order valence-electron chi connectivity index (χ3n) is 0.183. The average molecular weight is 148 g/mol. The Hall–Kier alpha value is -1.80. The van der Waals surface area contributed by atoms with Crippen LogP contribution in [-0.2, 0) is 0 Å². The van der Waals surface area contributed by atoms with Crippen LogP contribution in [0.4, 0.5) is 0 Å². The molecule has 0 saturated heterocycles. The first-order valence-corrected chi connectivity index (χ1v) is 2.83. The molecule has 0 heterocycles. The smallest absolute Gasteiger partial charge is 0.0905 e. The van der Waals surface area contributed by atoms with Crippen LogP contribution in [0.15, 0.2) is 38.0 Å². The lowest BCUT2D eigenvalue weighted by molar-refractivity contribution is 1.54. The van der Waals surface area contributed by atoms with Gasteiger partial charge in [0.25, 0.3) is 0 Å². The molecule has 0 spiro atoms. The minimum absolute atomic E-state index is 1.18. The average Bonchev–Trinajstić information content (AvgIpc) is 2.06. The van der Waals surface area contributed by atoms with Gasteiger partial charge < -0.3 is 0 Å². The standard InChI is InChI=1S/2C3H3N.C3H6/c2*1-2-3-4;1-3-2/h2*2H,1H2;3H,1H2,2H3. The van der Waals surface area contributed by atoms with Crippen LogP contribution >= 0.6 is 0 Å². The van der Waals surface area contributed by atoms with Gasteiger partial charge in [-0.25, -0.2) is 0 Å². The second kappa shape index (κ2) is 41.5. The Labute approximate surface area is 68.4 Å². The van der Waals surface area contributed by atoms with Gasteiger partial charge in [0, 0.05) is 12.2 Å². The van der Waals surface area contributed by atoms with Crippen LogP contribution in [0.1, 0.15) is 6.92 Å². The van der Waals surface area contributed by atoms with E-state index in [4.69, 9.17) is 10.5 Å². The quantitative estimate of drug-likeness (QED) is 0.391. The van der Waals surface area contributed by atoms with Gasteiger partial charge in [-0.2, -0.15) is 10.5 Å². The molecule has 0 aliphatic rings. The topological polar surface area (TPSA) is 47.6 Å². The lowest BCUT2D eigenvalue weighted by Gasteiger charge is -1.31. The third kappa shape index (κ3) is 7880. The van der Waals surface area contributed by atoms with Crippen LogP contribution in [0.5, 0.6) is 0 Å². The first-order chi connectivity index (χ1) is 5.24. The van der Waals surface area contributed by atoms with E-state index in [1.54, 1.807) is 18.2 Å². The SMILES string of the molecule is C=CC.C=CC#N.C=CC#N. The van der Waals surface area contributed by atoms with Crippen LogP contribution in [-0.4, -0.2) is 0 Å². The molecule has 0 rings (SSSR count). The van der Waals surface area contributed by atoms with Crippen LogP contribution in [0.3, 0.4) is 0 Å². The van der Waals surface area contributed by atoms with Crippen LogP contribution in [0.2, 0.25) is 0 Å². The van der Waals surface area contributed by atoms with E-state index in [1.807, 2.05) is 6.92 Å². The normalized spacial score (nSPS) is 3.91. The molecule has 0 aliphatic carbocycles. The molecule has 2 nitrogen and oxygen atoms in total. The summed E-state index contributed by atoms with van der Waals surface area (Å²) in [6.45, 7) is 11.5. The molecular formula is C9H12N2. The fraction of sp³-hybridized carbons (Fsp3) is 0.111. The molecule has 0 amide bonds. The van der Waals surface area contributed by atoms with Crippen molar-refractivity contribution in [3.05, 3.63) is 38.0 Å². The summed E-state index contributed by atoms with van der Waals surface area (Å²) < 4.78 is 0. The molecule has 2 heteroatoms. The maximum Gasteiger partial charge on any atom is 0.0905 e. The van der Waals surface area contributed by atoms with Crippen molar-refractivity contribution in [3.8, 4) is 12.1 Å². The van der Waals surface area contributed by atoms with Crippen molar-refractivity contribution in [3.63, 3.8) is 0 Å². The van der Waals surface area contributed by atoms with Crippen molar-refractivity contribution in [2.75, 3.05) is 0 Å². The Morgan fingerprint density at radius 1 is 1.00 bits per heavy atom. The number of nitrogens with zero attached hydrogens (tertiary/aromatic N) is 2. The van der Waals surface area contributed by atoms with Gasteiger partial charge in [0.05, 0.1) is 12.1 Å². The highest BCUT2D eigenvalue weighted by atomic mass is 14.2. The Kier molecular flexibility index (Phi) is 60.7. The maximum absolute atomic E-state index is 7.51. The van der Waals surface area contributed by atoms with E-state index in [2.05, 4.69) is 19.7 Å². The Balaban J connectivity index is -0.0000000886. The van der Waals surface area contributed by atoms with Gasteiger partial charge in [-0.1, -0.05) is 19.2 Å². The van der Waals surface area contributed by atoms with Crippen LogP contribution in [0.25, 0.3) is 0 Å². The van der Waals surface area contributed by atoms with E-state index in [9.17, 15) is 0 Å². The Bertz CT molecular complexity index is 149. The number of rotatable bonds is 0. The maximum atomic E-state index is 7.51. The summed E-state index contributed by atoms with van der Waals surface area (Å²) in [6, 6.07) is 3.39. The number of nitriles is 2. The fourth-order valence-corrected chi connectivity index (χ4v) is 0.